The number of hydrogen-bond acceptors (Lipinski definition) is 1. The molecule has 1 heteroatoms. The van der Waals surface area contributed by atoms with E-state index in [1.807, 2.05) is 11.3 Å². The molecule has 0 aromatic carbocycles. The van der Waals surface area contributed by atoms with Gasteiger partial charge < -0.3 is 0 Å². The van der Waals surface area contributed by atoms with E-state index in [4.69, 9.17) is 0 Å². The second kappa shape index (κ2) is 7.92. The van der Waals surface area contributed by atoms with Crippen molar-refractivity contribution in [2.45, 2.75) is 72.1 Å². The van der Waals surface area contributed by atoms with E-state index in [0.29, 0.717) is 5.41 Å². The standard InChI is InChI=1S/C16H28S/c1-16(2,3)13-9-7-5-4-6-8-11-15-12-10-14-17-15/h10,12,14H,4-9,11,13H2,1-3H3. The predicted molar refractivity (Wildman–Crippen MR) is 79.8 cm³/mol. The molecule has 0 aliphatic carbocycles. The molecule has 98 valence electrons. The van der Waals surface area contributed by atoms with Crippen LogP contribution in [0.5, 0.6) is 0 Å². The van der Waals surface area contributed by atoms with Crippen LogP contribution < -0.4 is 0 Å². The molecule has 1 aromatic rings. The van der Waals surface area contributed by atoms with Gasteiger partial charge >= 0.3 is 0 Å². The monoisotopic (exact) mass is 252 g/mol. The fourth-order valence-electron chi connectivity index (χ4n) is 2.12. The maximum atomic E-state index is 2.34. The van der Waals surface area contributed by atoms with Crippen LogP contribution in [0.3, 0.4) is 0 Å². The van der Waals surface area contributed by atoms with Gasteiger partial charge in [-0.15, -0.1) is 11.3 Å². The van der Waals surface area contributed by atoms with E-state index in [2.05, 4.69) is 38.3 Å². The number of aryl methyl sites for hydroxylation is 1. The molecule has 1 aromatic heterocycles. The molecule has 0 saturated heterocycles. The Kier molecular flexibility index (Phi) is 6.87. The zero-order chi connectivity index (χ0) is 12.6. The summed E-state index contributed by atoms with van der Waals surface area (Å²) < 4.78 is 0. The van der Waals surface area contributed by atoms with E-state index in [0.717, 1.165) is 0 Å². The average Bonchev–Trinajstić information content (AvgIpc) is 2.73. The lowest BCUT2D eigenvalue weighted by molar-refractivity contribution is 0.356. The fraction of sp³-hybridized carbons (Fsp3) is 0.750. The normalized spacial score (nSPS) is 11.9. The van der Waals surface area contributed by atoms with Gasteiger partial charge in [0.1, 0.15) is 0 Å². The Morgan fingerprint density at radius 2 is 1.59 bits per heavy atom. The summed E-state index contributed by atoms with van der Waals surface area (Å²) in [6.45, 7) is 7.02. The van der Waals surface area contributed by atoms with Gasteiger partial charge in [-0.2, -0.15) is 0 Å². The van der Waals surface area contributed by atoms with E-state index in [1.54, 1.807) is 4.88 Å². The van der Waals surface area contributed by atoms with Crippen molar-refractivity contribution >= 4 is 11.3 Å². The quantitative estimate of drug-likeness (QED) is 0.493. The SMILES string of the molecule is CC(C)(C)CCCCCCCCc1cccs1. The Balaban J connectivity index is 1.85. The summed E-state index contributed by atoms with van der Waals surface area (Å²) >= 11 is 1.90. The van der Waals surface area contributed by atoms with Crippen molar-refractivity contribution < 1.29 is 0 Å². The van der Waals surface area contributed by atoms with Crippen LogP contribution in [0.1, 0.15) is 70.6 Å². The highest BCUT2D eigenvalue weighted by atomic mass is 32.1. The predicted octanol–water partition coefficient (Wildman–Crippen LogP) is 6.07. The third-order valence-electron chi connectivity index (χ3n) is 3.18. The Labute approximate surface area is 111 Å². The molecular weight excluding hydrogens is 224 g/mol. The first-order valence-electron chi connectivity index (χ1n) is 7.10. The molecule has 0 unspecified atom stereocenters. The molecule has 0 aliphatic rings. The van der Waals surface area contributed by atoms with Gasteiger partial charge in [0.15, 0.2) is 0 Å². The highest BCUT2D eigenvalue weighted by molar-refractivity contribution is 7.09. The minimum atomic E-state index is 0.527. The highest BCUT2D eigenvalue weighted by Gasteiger charge is 2.08. The molecule has 0 saturated carbocycles. The molecule has 1 rings (SSSR count). The first-order chi connectivity index (χ1) is 8.08. The zero-order valence-electron chi connectivity index (χ0n) is 11.8. The summed E-state index contributed by atoms with van der Waals surface area (Å²) in [4.78, 5) is 1.55. The topological polar surface area (TPSA) is 0 Å². The minimum absolute atomic E-state index is 0.527. The van der Waals surface area contributed by atoms with E-state index in [9.17, 15) is 0 Å². The summed E-state index contributed by atoms with van der Waals surface area (Å²) in [5.41, 5.74) is 0.527. The van der Waals surface area contributed by atoms with Gasteiger partial charge in [-0.05, 0) is 36.1 Å². The molecular formula is C16H28S. The molecule has 0 aliphatic heterocycles. The Hall–Kier alpha value is -0.300. The van der Waals surface area contributed by atoms with Crippen LogP contribution >= 0.6 is 11.3 Å². The molecule has 0 spiro atoms. The van der Waals surface area contributed by atoms with E-state index < -0.39 is 0 Å². The lowest BCUT2D eigenvalue weighted by atomic mass is 9.89. The van der Waals surface area contributed by atoms with Crippen molar-refractivity contribution in [2.24, 2.45) is 5.41 Å². The van der Waals surface area contributed by atoms with Crippen molar-refractivity contribution in [3.05, 3.63) is 22.4 Å². The molecule has 0 bridgehead atoms. The van der Waals surface area contributed by atoms with Gasteiger partial charge in [-0.3, -0.25) is 0 Å². The van der Waals surface area contributed by atoms with E-state index in [1.165, 1.54) is 51.4 Å². The van der Waals surface area contributed by atoms with Gasteiger partial charge in [0.05, 0.1) is 0 Å². The zero-order valence-corrected chi connectivity index (χ0v) is 12.6. The van der Waals surface area contributed by atoms with Gasteiger partial charge in [-0.1, -0.05) is 58.9 Å². The highest BCUT2D eigenvalue weighted by Crippen LogP contribution is 2.22. The molecule has 17 heavy (non-hydrogen) atoms. The Morgan fingerprint density at radius 1 is 0.941 bits per heavy atom. The smallest absolute Gasteiger partial charge is 0.00452 e. The van der Waals surface area contributed by atoms with Crippen LogP contribution in [0.4, 0.5) is 0 Å². The minimum Gasteiger partial charge on any atom is -0.149 e. The van der Waals surface area contributed by atoms with Gasteiger partial charge in [0, 0.05) is 4.88 Å². The largest absolute Gasteiger partial charge is 0.149 e. The summed E-state index contributed by atoms with van der Waals surface area (Å²) in [5, 5.41) is 2.18. The van der Waals surface area contributed by atoms with Crippen LogP contribution in [0.2, 0.25) is 0 Å². The van der Waals surface area contributed by atoms with Crippen LogP contribution in [-0.2, 0) is 6.42 Å². The summed E-state index contributed by atoms with van der Waals surface area (Å²) in [6.07, 6.45) is 11.1. The Morgan fingerprint density at radius 3 is 2.18 bits per heavy atom. The second-order valence-electron chi connectivity index (χ2n) is 6.26. The number of rotatable bonds is 8. The first-order valence-corrected chi connectivity index (χ1v) is 7.98. The van der Waals surface area contributed by atoms with Gasteiger partial charge in [-0.25, -0.2) is 0 Å². The lowest BCUT2D eigenvalue weighted by Crippen LogP contribution is -2.03. The third kappa shape index (κ3) is 8.43. The summed E-state index contributed by atoms with van der Waals surface area (Å²) in [7, 11) is 0. The van der Waals surface area contributed by atoms with E-state index in [-0.39, 0.29) is 0 Å². The van der Waals surface area contributed by atoms with Crippen molar-refractivity contribution in [1.29, 1.82) is 0 Å². The average molecular weight is 252 g/mol. The first kappa shape index (κ1) is 14.8. The van der Waals surface area contributed by atoms with Crippen LogP contribution in [0.25, 0.3) is 0 Å². The molecule has 0 atom stereocenters. The van der Waals surface area contributed by atoms with Gasteiger partial charge in [0.25, 0.3) is 0 Å². The van der Waals surface area contributed by atoms with Gasteiger partial charge in [0.2, 0.25) is 0 Å². The third-order valence-corrected chi connectivity index (χ3v) is 4.12. The Bertz CT molecular complexity index is 266. The van der Waals surface area contributed by atoms with Crippen LogP contribution in [0, 0.1) is 5.41 Å². The second-order valence-corrected chi connectivity index (χ2v) is 7.29. The number of hydrogen-bond donors (Lipinski definition) is 0. The molecule has 0 radical (unpaired) electrons. The molecule has 0 fully saturated rings. The molecule has 0 amide bonds. The van der Waals surface area contributed by atoms with E-state index >= 15 is 0 Å². The van der Waals surface area contributed by atoms with Crippen molar-refractivity contribution in [3.8, 4) is 0 Å². The van der Waals surface area contributed by atoms with Crippen molar-refractivity contribution in [3.63, 3.8) is 0 Å². The molecule has 0 nitrogen and oxygen atoms in total. The van der Waals surface area contributed by atoms with Crippen molar-refractivity contribution in [1.82, 2.24) is 0 Å². The molecule has 1 heterocycles. The van der Waals surface area contributed by atoms with Crippen LogP contribution in [-0.4, -0.2) is 0 Å². The number of thiophene rings is 1. The summed E-state index contributed by atoms with van der Waals surface area (Å²) in [6, 6.07) is 4.42. The maximum Gasteiger partial charge on any atom is 0.00452 e. The van der Waals surface area contributed by atoms with Crippen molar-refractivity contribution in [2.75, 3.05) is 0 Å². The fourth-order valence-corrected chi connectivity index (χ4v) is 2.87. The maximum absolute atomic E-state index is 2.34. The summed E-state index contributed by atoms with van der Waals surface area (Å²) in [5.74, 6) is 0. The lowest BCUT2D eigenvalue weighted by Gasteiger charge is -2.17. The van der Waals surface area contributed by atoms with Crippen LogP contribution in [0.15, 0.2) is 17.5 Å². The molecule has 0 N–H and O–H groups in total. The number of unbranched alkanes of at least 4 members (excludes halogenated alkanes) is 5.